The molecule has 0 saturated carbocycles. The van der Waals surface area contributed by atoms with Gasteiger partial charge in [-0.1, -0.05) is 72.8 Å². The molecule has 0 aliphatic heterocycles. The predicted molar refractivity (Wildman–Crippen MR) is 419 cm³/mol. The van der Waals surface area contributed by atoms with Crippen LogP contribution in [0.3, 0.4) is 0 Å². The summed E-state index contributed by atoms with van der Waals surface area (Å²) in [5, 5.41) is 8.43. The summed E-state index contributed by atoms with van der Waals surface area (Å²) in [5.74, 6) is 0.502. The molecule has 0 saturated heterocycles. The fourth-order valence-electron chi connectivity index (χ4n) is 10.5. The third kappa shape index (κ3) is 35.5. The number of anilines is 3. The van der Waals surface area contributed by atoms with Crippen LogP contribution in [0.25, 0.3) is 33.5 Å². The van der Waals surface area contributed by atoms with Gasteiger partial charge in [-0.15, -0.1) is 0 Å². The van der Waals surface area contributed by atoms with Crippen LogP contribution in [0.15, 0.2) is 91.8 Å². The zero-order valence-corrected chi connectivity index (χ0v) is 65.1. The van der Waals surface area contributed by atoms with Crippen LogP contribution >= 0.6 is 0 Å². The molecule has 40 heteroatoms. The quantitative estimate of drug-likeness (QED) is 0.0245. The summed E-state index contributed by atoms with van der Waals surface area (Å²) in [4.78, 5) is 84.1. The summed E-state index contributed by atoms with van der Waals surface area (Å²) >= 11 is 0. The molecule has 0 unspecified atom stereocenters. The molecule has 0 fully saturated rings. The number of aromatic nitrogens is 12. The molecule has 0 aliphatic rings. The Kier molecular flexibility index (Phi) is 41.2. The summed E-state index contributed by atoms with van der Waals surface area (Å²) < 4.78 is 103. The Morgan fingerprint density at radius 2 is 0.517 bits per heavy atom. The second kappa shape index (κ2) is 53.2. The number of nitrogens with one attached hydrogen (secondary N) is 6. The van der Waals surface area contributed by atoms with Crippen LogP contribution < -0.4 is 53.1 Å². The van der Waals surface area contributed by atoms with Gasteiger partial charge in [-0.3, -0.25) is 14.4 Å². The van der Waals surface area contributed by atoms with Gasteiger partial charge < -0.3 is 139 Å². The number of hydrogen-bond donors (Lipinski definition) is 10. The number of amides is 3. The molecule has 116 heavy (non-hydrogen) atoms. The van der Waals surface area contributed by atoms with Crippen LogP contribution in [0.5, 0.6) is 17.6 Å². The fraction of sp³-hybridized carbons (Fsp3) is 0.526. The number of nitrogen functional groups attached to an aromatic ring is 3. The zero-order valence-electron chi connectivity index (χ0n) is 65.1. The van der Waals surface area contributed by atoms with Gasteiger partial charge in [0.25, 0.3) is 0 Å². The Hall–Kier alpha value is -10.1. The normalized spacial score (nSPS) is 11.7. The number of carbonyl (C=O) groups excluding carboxylic acids is 3. The van der Waals surface area contributed by atoms with E-state index in [4.69, 9.17) is 108 Å². The smallest absolute Gasteiger partial charge is 0.247 e. The number of fused-ring (bicyclic) bond motifs is 3. The lowest BCUT2D eigenvalue weighted by molar-refractivity contribution is -0.123. The third-order valence-corrected chi connectivity index (χ3v) is 16.4. The summed E-state index contributed by atoms with van der Waals surface area (Å²) in [5.41, 5.74) is 31.8. The molecule has 0 aliphatic carbocycles. The second-order valence-corrected chi connectivity index (χ2v) is 25.8. The number of nitrogens with two attached hydrogens (primary N) is 4. The molecule has 6 heterocycles. The highest BCUT2D eigenvalue weighted by Gasteiger charge is 2.27. The fourth-order valence-corrected chi connectivity index (χ4v) is 10.5. The number of aromatic amines is 3. The van der Waals surface area contributed by atoms with Gasteiger partial charge in [-0.25, -0.2) is 15.0 Å². The van der Waals surface area contributed by atoms with Crippen molar-refractivity contribution in [2.24, 2.45) is 5.73 Å². The van der Waals surface area contributed by atoms with E-state index in [0.717, 1.165) is 33.4 Å². The van der Waals surface area contributed by atoms with Gasteiger partial charge in [-0.05, 0) is 33.4 Å². The van der Waals surface area contributed by atoms with Crippen molar-refractivity contribution in [2.75, 3.05) is 215 Å². The highest BCUT2D eigenvalue weighted by molar-refractivity contribution is 5.79. The summed E-state index contributed by atoms with van der Waals surface area (Å²) in [6.07, 6.45) is 4.70. The van der Waals surface area contributed by atoms with Crippen molar-refractivity contribution in [1.29, 1.82) is 0 Å². The first-order chi connectivity index (χ1) is 56.9. The van der Waals surface area contributed by atoms with Gasteiger partial charge in [0, 0.05) is 38.9 Å². The minimum absolute atomic E-state index is 0.0469. The monoisotopic (exact) mass is 1620 g/mol. The highest BCUT2D eigenvalue weighted by Crippen LogP contribution is 2.24. The molecule has 632 valence electrons. The average molecular weight is 1620 g/mol. The predicted octanol–water partition coefficient (Wildman–Crippen LogP) is 2.53. The van der Waals surface area contributed by atoms with E-state index in [2.05, 4.69) is 75.8 Å². The van der Waals surface area contributed by atoms with Crippen molar-refractivity contribution in [2.45, 2.75) is 64.4 Å². The Morgan fingerprint density at radius 3 is 0.767 bits per heavy atom. The maximum atomic E-state index is 12.7. The molecular weight excluding hydrogens is 1510 g/mol. The van der Waals surface area contributed by atoms with Gasteiger partial charge in [0.05, 0.1) is 223 Å². The molecule has 9 rings (SSSR count). The SMILES string of the molecule is Nc1nc(OCc2ccc(COCCOCCOCCOCCNC(=O)CCOCC(N)(COCCC(=O)NCCOCCOCCOCCOCc3ccc(COc4nc(N)nc5[nH]cnc45)cc3)COCCC(=O)NCCOCCOCCOCCOCc3ccc(COc4nc(N)nc5[nH]cnc45)cc3)cc2)c2nc[nH]c2n1. The third-order valence-electron chi connectivity index (χ3n) is 16.4. The van der Waals surface area contributed by atoms with E-state index < -0.39 is 5.54 Å². The molecule has 6 aromatic heterocycles. The minimum Gasteiger partial charge on any atom is -0.471 e. The van der Waals surface area contributed by atoms with Crippen LogP contribution in [-0.2, 0) is 125 Å². The van der Waals surface area contributed by atoms with Crippen molar-refractivity contribution in [3.63, 3.8) is 0 Å². The van der Waals surface area contributed by atoms with Crippen LogP contribution in [0.4, 0.5) is 17.8 Å². The molecule has 9 aromatic rings. The summed E-state index contributed by atoms with van der Waals surface area (Å²) in [6, 6.07) is 23.5. The number of H-pyrrole nitrogens is 3. The van der Waals surface area contributed by atoms with Crippen LogP contribution in [0.2, 0.25) is 0 Å². The number of imidazole rings is 3. The molecule has 0 spiro atoms. The lowest BCUT2D eigenvalue weighted by Gasteiger charge is -2.29. The van der Waals surface area contributed by atoms with Crippen molar-refractivity contribution < 1.29 is 99.6 Å². The maximum Gasteiger partial charge on any atom is 0.247 e. The molecule has 3 amide bonds. The van der Waals surface area contributed by atoms with E-state index in [1.807, 2.05) is 72.8 Å². The van der Waals surface area contributed by atoms with Crippen molar-refractivity contribution in [3.05, 3.63) is 125 Å². The largest absolute Gasteiger partial charge is 0.471 e. The second-order valence-electron chi connectivity index (χ2n) is 25.8. The molecule has 14 N–H and O–H groups in total. The Morgan fingerprint density at radius 1 is 0.293 bits per heavy atom. The van der Waals surface area contributed by atoms with Crippen LogP contribution in [-0.4, -0.2) is 281 Å². The topological polar surface area (TPSA) is 521 Å². The van der Waals surface area contributed by atoms with E-state index in [0.29, 0.717) is 190 Å². The molecule has 0 atom stereocenters. The van der Waals surface area contributed by atoms with E-state index in [1.54, 1.807) is 0 Å². The lowest BCUT2D eigenvalue weighted by atomic mass is 10.1. The van der Waals surface area contributed by atoms with Gasteiger partial charge in [-0.2, -0.15) is 29.9 Å². The standard InChI is InChI=1S/C76H107N19O21/c77-73-90-67-64(84-52-87-67)70(93-73)114-46-58-7-1-55(2-8-58)43-108-40-37-105-34-31-102-28-25-99-22-16-81-61(96)13-19-111-49-76(80,50-112-20-14-62(97)82-17-23-100-26-29-103-32-35-106-38-41-109-44-56-3-9-59(10-4-56)47-115-71-65-68(88-53-85-65)91-74(78)94-71)51-113-21-15-63(98)83-18-24-101-27-30-104-33-36-107-39-42-110-45-57-5-11-60(12-6-57)48-116-72-66-69(89-54-86-66)92-75(79)95-72/h1-12,52-54H,13-51,80H2,(H,81,96)(H,82,97)(H,83,98)(H3,77,84,87,90,93)(H3,78,85,88,91,94)(H3,79,86,89,92,95). The first kappa shape index (κ1) is 89.8. The van der Waals surface area contributed by atoms with E-state index >= 15 is 0 Å². The van der Waals surface area contributed by atoms with E-state index in [1.165, 1.54) is 19.0 Å². The summed E-state index contributed by atoms with van der Waals surface area (Å²) in [6.45, 7) is 10.8. The highest BCUT2D eigenvalue weighted by atomic mass is 16.6. The molecule has 0 bridgehead atoms. The number of hydrogen-bond acceptors (Lipinski definition) is 34. The van der Waals surface area contributed by atoms with Gasteiger partial charge in [0.15, 0.2) is 33.5 Å². The Labute approximate surface area is 670 Å². The van der Waals surface area contributed by atoms with Crippen molar-refractivity contribution in [1.82, 2.24) is 75.8 Å². The first-order valence-corrected chi connectivity index (χ1v) is 38.2. The molecule has 3 aromatic carbocycles. The maximum absolute atomic E-state index is 12.7. The van der Waals surface area contributed by atoms with Crippen molar-refractivity contribution >= 4 is 69.1 Å². The van der Waals surface area contributed by atoms with Gasteiger partial charge >= 0.3 is 0 Å². The number of benzene rings is 3. The van der Waals surface area contributed by atoms with E-state index in [9.17, 15) is 14.4 Å². The van der Waals surface area contributed by atoms with Crippen LogP contribution in [0, 0.1) is 0 Å². The minimum atomic E-state index is -1.19. The first-order valence-electron chi connectivity index (χ1n) is 38.2. The number of rotatable bonds is 66. The van der Waals surface area contributed by atoms with Crippen molar-refractivity contribution in [3.8, 4) is 17.6 Å². The van der Waals surface area contributed by atoms with Gasteiger partial charge in [0.1, 0.15) is 19.8 Å². The lowest BCUT2D eigenvalue weighted by Crippen LogP contribution is -2.53. The summed E-state index contributed by atoms with van der Waals surface area (Å²) in [7, 11) is 0. The number of ether oxygens (including phenoxy) is 18. The number of nitrogens with zero attached hydrogens (tertiary/aromatic N) is 9. The number of carbonyl (C=O) groups is 3. The van der Waals surface area contributed by atoms with Crippen LogP contribution in [0.1, 0.15) is 52.6 Å². The zero-order chi connectivity index (χ0) is 81.1. The molecule has 0 radical (unpaired) electrons. The molecule has 40 nitrogen and oxygen atoms in total. The Balaban J connectivity index is 0.549. The average Bonchev–Trinajstić information content (AvgIpc) is 1.52. The van der Waals surface area contributed by atoms with Gasteiger partial charge in [0.2, 0.25) is 53.2 Å². The Bertz CT molecular complexity index is 3810. The van der Waals surface area contributed by atoms with E-state index in [-0.39, 0.29) is 154 Å². The molecular formula is C76H107N19O21.